The zero-order chi connectivity index (χ0) is 14.7. The van der Waals surface area contributed by atoms with Gasteiger partial charge in [0.15, 0.2) is 11.5 Å². The molecule has 0 bridgehead atoms. The Kier molecular flexibility index (Phi) is 5.95. The van der Waals surface area contributed by atoms with Gasteiger partial charge in [-0.1, -0.05) is 18.2 Å². The van der Waals surface area contributed by atoms with Crippen LogP contribution in [0.5, 0.6) is 0 Å². The predicted octanol–water partition coefficient (Wildman–Crippen LogP) is 3.88. The fourth-order valence-corrected chi connectivity index (χ4v) is 2.56. The Hall–Kier alpha value is -1.42. The molecule has 0 aliphatic rings. The Bertz CT molecular complexity index is 740. The number of nitrogens with zero attached hydrogens (tertiary/aromatic N) is 3. The van der Waals surface area contributed by atoms with Crippen LogP contribution < -0.4 is 9.79 Å². The van der Waals surface area contributed by atoms with E-state index in [0.29, 0.717) is 0 Å². The molecule has 9 heteroatoms. The maximum absolute atomic E-state index is 5.39. The molecule has 0 fully saturated rings. The summed E-state index contributed by atoms with van der Waals surface area (Å²) in [5, 5.41) is 8.06. The van der Waals surface area contributed by atoms with Crippen LogP contribution in [0.4, 0.5) is 11.5 Å². The van der Waals surface area contributed by atoms with Gasteiger partial charge in [0, 0.05) is 17.7 Å². The van der Waals surface area contributed by atoms with E-state index < -0.39 is 0 Å². The molecule has 116 valence electrons. The fourth-order valence-electron chi connectivity index (χ4n) is 1.77. The first-order chi connectivity index (χ1) is 10.2. The molecule has 0 saturated carbocycles. The molecule has 0 amide bonds. The van der Waals surface area contributed by atoms with E-state index in [1.165, 1.54) is 0 Å². The number of benzene rings is 1. The van der Waals surface area contributed by atoms with Crippen molar-refractivity contribution >= 4 is 64.2 Å². The van der Waals surface area contributed by atoms with Crippen molar-refractivity contribution in [1.29, 1.82) is 0 Å². The number of halogens is 1. The molecule has 3 rings (SSSR count). The molecule has 0 radical (unpaired) electrons. The highest BCUT2D eigenvalue weighted by Crippen LogP contribution is 2.28. The smallest absolute Gasteiger partial charge is 0.171 e. The van der Waals surface area contributed by atoms with Crippen molar-refractivity contribution in [1.82, 2.24) is 15.2 Å². The molecule has 0 saturated heterocycles. The van der Waals surface area contributed by atoms with Gasteiger partial charge in [0.05, 0.1) is 11.1 Å². The molecule has 1 aromatic carbocycles. The van der Waals surface area contributed by atoms with Crippen LogP contribution >= 0.6 is 41.7 Å². The largest absolute Gasteiger partial charge is 0.276 e. The van der Waals surface area contributed by atoms with Crippen molar-refractivity contribution in [3.63, 3.8) is 0 Å². The number of nitrogens with one attached hydrogen (secondary N) is 2. The van der Waals surface area contributed by atoms with Crippen molar-refractivity contribution in [3.05, 3.63) is 47.1 Å². The maximum Gasteiger partial charge on any atom is 0.171 e. The van der Waals surface area contributed by atoms with E-state index >= 15 is 0 Å². The highest BCUT2D eigenvalue weighted by atomic mass is 79.9. The number of fused-ring (bicyclic) bond motifs is 1. The summed E-state index contributed by atoms with van der Waals surface area (Å²) < 4.78 is 8.10. The van der Waals surface area contributed by atoms with Gasteiger partial charge in [-0.3, -0.25) is 14.9 Å². The Morgan fingerprint density at radius 1 is 1.32 bits per heavy atom. The van der Waals surface area contributed by atoms with Crippen LogP contribution in [0.2, 0.25) is 0 Å². The van der Waals surface area contributed by atoms with Gasteiger partial charge in [-0.15, -0.1) is 0 Å². The van der Waals surface area contributed by atoms with Gasteiger partial charge >= 0.3 is 0 Å². The molecular weight excluding hydrogens is 386 g/mol. The Morgan fingerprint density at radius 2 is 2.09 bits per heavy atom. The number of aromatic amines is 1. The van der Waals surface area contributed by atoms with Crippen LogP contribution in [0.25, 0.3) is 11.0 Å². The molecule has 2 aromatic heterocycles. The highest BCUT2D eigenvalue weighted by Gasteiger charge is 2.12. The van der Waals surface area contributed by atoms with E-state index in [1.807, 2.05) is 47.8 Å². The number of hydrogen-bond acceptors (Lipinski definition) is 6. The summed E-state index contributed by atoms with van der Waals surface area (Å²) in [5.41, 5.74) is 4.47. The number of H-pyrrole nitrogens is 1. The normalized spacial score (nSPS) is 10.3. The topological polar surface area (TPSA) is 66.1 Å². The first-order valence-electron chi connectivity index (χ1n) is 6.12. The second kappa shape index (κ2) is 7.73. The number of anilines is 2. The number of rotatable bonds is 5. The Balaban J connectivity index is 0.00000176. The molecule has 0 atom stereocenters. The summed E-state index contributed by atoms with van der Waals surface area (Å²) in [6.45, 7) is 0. The second-order valence-corrected chi connectivity index (χ2v) is 6.00. The molecule has 0 aliphatic carbocycles. The summed E-state index contributed by atoms with van der Waals surface area (Å²) >= 11 is 4.56. The van der Waals surface area contributed by atoms with Crippen LogP contribution in [-0.4, -0.2) is 22.2 Å². The predicted molar refractivity (Wildman–Crippen MR) is 99.1 cm³/mol. The molecule has 3 aromatic rings. The molecular formula is C13H14BrN5OS2. The maximum atomic E-state index is 5.39. The summed E-state index contributed by atoms with van der Waals surface area (Å²) in [6.07, 6.45) is 1.73. The van der Waals surface area contributed by atoms with Crippen molar-refractivity contribution in [2.24, 2.45) is 0 Å². The summed E-state index contributed by atoms with van der Waals surface area (Å²) in [6, 6.07) is 11.6. The van der Waals surface area contributed by atoms with Crippen LogP contribution in [0.1, 0.15) is 0 Å². The average molecular weight is 400 g/mol. The monoisotopic (exact) mass is 399 g/mol. The van der Waals surface area contributed by atoms with Crippen LogP contribution in [-0.2, 0) is 4.28 Å². The standard InChI is InChI=1S/C13H12BrN5OS.H2S/c1-19(21-20-18-10-5-3-2-4-6-10)13-11-7-9(14)8-15-12(11)16-17-13;/h2-8,18H,1H3,(H,15,16,17);1H2. The zero-order valence-electron chi connectivity index (χ0n) is 11.6. The van der Waals surface area contributed by atoms with E-state index in [9.17, 15) is 0 Å². The average Bonchev–Trinajstić information content (AvgIpc) is 2.91. The van der Waals surface area contributed by atoms with Gasteiger partial charge in [-0.2, -0.15) is 22.9 Å². The third-order valence-electron chi connectivity index (χ3n) is 2.74. The van der Waals surface area contributed by atoms with E-state index in [1.54, 1.807) is 6.20 Å². The van der Waals surface area contributed by atoms with Crippen LogP contribution in [0, 0.1) is 0 Å². The quantitative estimate of drug-likeness (QED) is 0.385. The van der Waals surface area contributed by atoms with Gasteiger partial charge in [-0.05, 0) is 34.1 Å². The number of pyridine rings is 1. The molecule has 6 nitrogen and oxygen atoms in total. The van der Waals surface area contributed by atoms with Gasteiger partial charge in [0.25, 0.3) is 0 Å². The van der Waals surface area contributed by atoms with Gasteiger partial charge < -0.3 is 0 Å². The van der Waals surface area contributed by atoms with Crippen LogP contribution in [0.3, 0.4) is 0 Å². The fraction of sp³-hybridized carbons (Fsp3) is 0.0769. The number of aromatic nitrogens is 3. The molecule has 22 heavy (non-hydrogen) atoms. The molecule has 2 N–H and O–H groups in total. The Labute approximate surface area is 147 Å². The van der Waals surface area contributed by atoms with Crippen molar-refractivity contribution in [2.45, 2.75) is 0 Å². The lowest BCUT2D eigenvalue weighted by atomic mass is 10.3. The molecule has 0 spiro atoms. The Morgan fingerprint density at radius 3 is 2.86 bits per heavy atom. The lowest BCUT2D eigenvalue weighted by molar-refractivity contribution is 0.476. The lowest BCUT2D eigenvalue weighted by Gasteiger charge is -2.14. The SMILES string of the molecule is CN(SONc1ccccc1)c1n[nH]c2ncc(Br)cc12.S. The van der Waals surface area contributed by atoms with Crippen molar-refractivity contribution in [3.8, 4) is 0 Å². The van der Waals surface area contributed by atoms with Crippen LogP contribution in [0.15, 0.2) is 47.1 Å². The van der Waals surface area contributed by atoms with E-state index in [0.717, 1.165) is 39.2 Å². The van der Waals surface area contributed by atoms with E-state index in [2.05, 4.69) is 36.6 Å². The minimum absolute atomic E-state index is 0. The summed E-state index contributed by atoms with van der Waals surface area (Å²) in [7, 11) is 1.87. The minimum atomic E-state index is 0. The lowest BCUT2D eigenvalue weighted by Crippen LogP contribution is -2.10. The van der Waals surface area contributed by atoms with Gasteiger partial charge in [0.2, 0.25) is 0 Å². The van der Waals surface area contributed by atoms with E-state index in [4.69, 9.17) is 4.28 Å². The second-order valence-electron chi connectivity index (χ2n) is 4.22. The van der Waals surface area contributed by atoms with Crippen molar-refractivity contribution in [2.75, 3.05) is 16.8 Å². The van der Waals surface area contributed by atoms with Gasteiger partial charge in [0.1, 0.15) is 12.2 Å². The summed E-state index contributed by atoms with van der Waals surface area (Å²) in [4.78, 5) is 4.25. The molecule has 2 heterocycles. The molecule has 0 unspecified atom stereocenters. The third-order valence-corrected chi connectivity index (χ3v) is 3.73. The highest BCUT2D eigenvalue weighted by molar-refractivity contribution is 9.10. The number of para-hydroxylation sites is 1. The molecule has 0 aliphatic heterocycles. The van der Waals surface area contributed by atoms with Gasteiger partial charge in [-0.25, -0.2) is 4.98 Å². The van der Waals surface area contributed by atoms with Crippen molar-refractivity contribution < 1.29 is 4.28 Å². The summed E-state index contributed by atoms with van der Waals surface area (Å²) in [5.74, 6) is 0.749. The van der Waals surface area contributed by atoms with E-state index in [-0.39, 0.29) is 13.5 Å². The zero-order valence-corrected chi connectivity index (χ0v) is 15.0. The third kappa shape index (κ3) is 3.86. The first kappa shape index (κ1) is 16.9. The minimum Gasteiger partial charge on any atom is -0.276 e. The first-order valence-corrected chi connectivity index (χ1v) is 7.61. The number of hydrogen-bond donors (Lipinski definition) is 2.